The summed E-state index contributed by atoms with van der Waals surface area (Å²) in [4.78, 5) is 15.6. The molecule has 24 heavy (non-hydrogen) atoms. The molecule has 0 fully saturated rings. The Labute approximate surface area is 163 Å². The smallest absolute Gasteiger partial charge is 0.337 e. The molecule has 0 aliphatic heterocycles. The maximum Gasteiger partial charge on any atom is 0.337 e. The molecule has 130 valence electrons. The molecule has 2 N–H and O–H groups in total. The van der Waals surface area contributed by atoms with E-state index in [0.717, 1.165) is 31.0 Å². The summed E-state index contributed by atoms with van der Waals surface area (Å²) in [6, 6.07) is 9.54. The molecule has 5 nitrogen and oxygen atoms in total. The molecule has 0 unspecified atom stereocenters. The van der Waals surface area contributed by atoms with Gasteiger partial charge in [0.05, 0.1) is 12.7 Å². The number of ether oxygens (including phenoxy) is 1. The van der Waals surface area contributed by atoms with Gasteiger partial charge in [-0.15, -0.1) is 24.0 Å². The van der Waals surface area contributed by atoms with Gasteiger partial charge in [0.15, 0.2) is 5.96 Å². The van der Waals surface area contributed by atoms with Crippen LogP contribution >= 0.6 is 35.3 Å². The first kappa shape index (κ1) is 20.4. The quantitative estimate of drug-likeness (QED) is 0.302. The number of nitrogens with zero attached hydrogens (tertiary/aromatic N) is 1. The highest BCUT2D eigenvalue weighted by Crippen LogP contribution is 2.06. The van der Waals surface area contributed by atoms with Gasteiger partial charge >= 0.3 is 5.97 Å². The van der Waals surface area contributed by atoms with Crippen molar-refractivity contribution in [2.45, 2.75) is 13.0 Å². The van der Waals surface area contributed by atoms with Crippen molar-refractivity contribution < 1.29 is 9.53 Å². The molecular formula is C17H22IN3O2S. The monoisotopic (exact) mass is 459 g/mol. The number of carbonyl (C=O) groups is 1. The van der Waals surface area contributed by atoms with Crippen LogP contribution in [-0.2, 0) is 17.7 Å². The van der Waals surface area contributed by atoms with E-state index in [4.69, 9.17) is 0 Å². The van der Waals surface area contributed by atoms with Gasteiger partial charge in [-0.25, -0.2) is 4.79 Å². The summed E-state index contributed by atoms with van der Waals surface area (Å²) >= 11 is 1.69. The first-order valence-electron chi connectivity index (χ1n) is 7.35. The van der Waals surface area contributed by atoms with E-state index in [-0.39, 0.29) is 29.9 Å². The maximum atomic E-state index is 11.4. The van der Waals surface area contributed by atoms with Crippen molar-refractivity contribution in [3.63, 3.8) is 0 Å². The van der Waals surface area contributed by atoms with Gasteiger partial charge in [0.25, 0.3) is 0 Å². The van der Waals surface area contributed by atoms with Crippen molar-refractivity contribution in [3.8, 4) is 0 Å². The Hall–Kier alpha value is -1.61. The lowest BCUT2D eigenvalue weighted by atomic mass is 10.1. The summed E-state index contributed by atoms with van der Waals surface area (Å²) in [6.07, 6.45) is 0.848. The lowest BCUT2D eigenvalue weighted by Crippen LogP contribution is -2.37. The fourth-order valence-corrected chi connectivity index (χ4v) is 2.72. The number of hydrogen-bond donors (Lipinski definition) is 2. The Morgan fingerprint density at radius 2 is 1.92 bits per heavy atom. The summed E-state index contributed by atoms with van der Waals surface area (Å²) in [5, 5.41) is 10.7. The average molecular weight is 459 g/mol. The first-order valence-corrected chi connectivity index (χ1v) is 8.30. The summed E-state index contributed by atoms with van der Waals surface area (Å²) in [5.74, 6) is 0.468. The van der Waals surface area contributed by atoms with E-state index in [2.05, 4.69) is 37.2 Å². The fourth-order valence-electron chi connectivity index (χ4n) is 2.05. The molecule has 1 aromatic carbocycles. The Balaban J connectivity index is 0.00000288. The third kappa shape index (κ3) is 6.48. The molecule has 0 aliphatic carbocycles. The zero-order valence-corrected chi connectivity index (χ0v) is 16.9. The van der Waals surface area contributed by atoms with Crippen LogP contribution in [0.15, 0.2) is 46.1 Å². The molecule has 2 rings (SSSR count). The van der Waals surface area contributed by atoms with E-state index < -0.39 is 0 Å². The number of nitrogens with one attached hydrogen (secondary N) is 2. The Morgan fingerprint density at radius 3 is 2.50 bits per heavy atom. The number of benzene rings is 1. The standard InChI is InChI=1S/C17H21N3O2S.HI/c1-18-17(20-11-14-8-10-23-12-14)19-9-7-13-3-5-15(6-4-13)16(21)22-2;/h3-6,8,10,12H,7,9,11H2,1-2H3,(H2,18,19,20);1H. The van der Waals surface area contributed by atoms with Crippen molar-refractivity contribution >= 4 is 47.2 Å². The van der Waals surface area contributed by atoms with Crippen molar-refractivity contribution in [1.82, 2.24) is 10.6 Å². The number of aliphatic imine (C=N–C) groups is 1. The summed E-state index contributed by atoms with van der Waals surface area (Å²) in [6.45, 7) is 1.53. The fraction of sp³-hybridized carbons (Fsp3) is 0.294. The SMILES string of the molecule is CN=C(NCCc1ccc(C(=O)OC)cc1)NCc1ccsc1.I. The lowest BCUT2D eigenvalue weighted by molar-refractivity contribution is 0.0600. The molecule has 0 amide bonds. The second-order valence-corrected chi connectivity index (χ2v) is 5.70. The van der Waals surface area contributed by atoms with Gasteiger partial charge < -0.3 is 15.4 Å². The third-order valence-corrected chi connectivity index (χ3v) is 4.08. The van der Waals surface area contributed by atoms with Gasteiger partial charge in [0, 0.05) is 20.1 Å². The molecule has 1 heterocycles. The highest BCUT2D eigenvalue weighted by molar-refractivity contribution is 14.0. The molecular weight excluding hydrogens is 437 g/mol. The van der Waals surface area contributed by atoms with Gasteiger partial charge in [-0.1, -0.05) is 12.1 Å². The van der Waals surface area contributed by atoms with E-state index in [1.54, 1.807) is 30.5 Å². The number of guanidine groups is 1. The van der Waals surface area contributed by atoms with Crippen molar-refractivity contribution in [1.29, 1.82) is 0 Å². The van der Waals surface area contributed by atoms with Crippen molar-refractivity contribution in [3.05, 3.63) is 57.8 Å². The minimum Gasteiger partial charge on any atom is -0.465 e. The van der Waals surface area contributed by atoms with Crippen LogP contribution in [0.2, 0.25) is 0 Å². The Bertz CT molecular complexity index is 642. The zero-order valence-electron chi connectivity index (χ0n) is 13.7. The highest BCUT2D eigenvalue weighted by Gasteiger charge is 2.04. The van der Waals surface area contributed by atoms with Crippen LogP contribution in [0, 0.1) is 0 Å². The van der Waals surface area contributed by atoms with E-state index in [0.29, 0.717) is 5.56 Å². The predicted molar refractivity (Wildman–Crippen MR) is 109 cm³/mol. The number of thiophene rings is 1. The van der Waals surface area contributed by atoms with Crippen LogP contribution in [0.5, 0.6) is 0 Å². The van der Waals surface area contributed by atoms with E-state index in [1.165, 1.54) is 12.7 Å². The molecule has 0 atom stereocenters. The van der Waals surface area contributed by atoms with Gasteiger partial charge in [-0.3, -0.25) is 4.99 Å². The molecule has 7 heteroatoms. The van der Waals surface area contributed by atoms with Gasteiger partial charge in [-0.2, -0.15) is 11.3 Å². The van der Waals surface area contributed by atoms with Crippen LogP contribution in [0.25, 0.3) is 0 Å². The summed E-state index contributed by atoms with van der Waals surface area (Å²) < 4.78 is 4.69. The van der Waals surface area contributed by atoms with Gasteiger partial charge in [0.2, 0.25) is 0 Å². The second kappa shape index (κ2) is 11.0. The first-order chi connectivity index (χ1) is 11.2. The Kier molecular flexibility index (Phi) is 9.39. The van der Waals surface area contributed by atoms with Crippen LogP contribution in [-0.4, -0.2) is 32.6 Å². The molecule has 2 aromatic rings. The molecule has 0 radical (unpaired) electrons. The zero-order chi connectivity index (χ0) is 16.5. The number of hydrogen-bond acceptors (Lipinski definition) is 4. The molecule has 0 spiro atoms. The van der Waals surface area contributed by atoms with E-state index in [1.807, 2.05) is 12.1 Å². The average Bonchev–Trinajstić information content (AvgIpc) is 3.11. The van der Waals surface area contributed by atoms with E-state index >= 15 is 0 Å². The van der Waals surface area contributed by atoms with Crippen LogP contribution < -0.4 is 10.6 Å². The van der Waals surface area contributed by atoms with Crippen LogP contribution in [0.3, 0.4) is 0 Å². The van der Waals surface area contributed by atoms with Crippen molar-refractivity contribution in [2.75, 3.05) is 20.7 Å². The number of esters is 1. The van der Waals surface area contributed by atoms with Crippen LogP contribution in [0.1, 0.15) is 21.5 Å². The number of rotatable bonds is 6. The van der Waals surface area contributed by atoms with Crippen molar-refractivity contribution in [2.24, 2.45) is 4.99 Å². The van der Waals surface area contributed by atoms with Gasteiger partial charge in [-0.05, 0) is 46.5 Å². The highest BCUT2D eigenvalue weighted by atomic mass is 127. The topological polar surface area (TPSA) is 62.7 Å². The summed E-state index contributed by atoms with van der Waals surface area (Å²) in [7, 11) is 3.14. The predicted octanol–water partition coefficient (Wildman–Crippen LogP) is 3.06. The molecule has 1 aromatic heterocycles. The minimum absolute atomic E-state index is 0. The number of halogens is 1. The number of carbonyl (C=O) groups excluding carboxylic acids is 1. The minimum atomic E-state index is -0.312. The number of methoxy groups -OCH3 is 1. The Morgan fingerprint density at radius 1 is 1.17 bits per heavy atom. The normalized spacial score (nSPS) is 10.7. The maximum absolute atomic E-state index is 11.4. The molecule has 0 saturated carbocycles. The van der Waals surface area contributed by atoms with E-state index in [9.17, 15) is 4.79 Å². The molecule has 0 saturated heterocycles. The van der Waals surface area contributed by atoms with Gasteiger partial charge in [0.1, 0.15) is 0 Å². The van der Waals surface area contributed by atoms with Crippen LogP contribution in [0.4, 0.5) is 0 Å². The summed E-state index contributed by atoms with van der Waals surface area (Å²) in [5.41, 5.74) is 2.97. The lowest BCUT2D eigenvalue weighted by Gasteiger charge is -2.11. The molecule has 0 bridgehead atoms. The molecule has 0 aliphatic rings. The third-order valence-electron chi connectivity index (χ3n) is 3.34. The largest absolute Gasteiger partial charge is 0.465 e. The second-order valence-electron chi connectivity index (χ2n) is 4.92.